The van der Waals surface area contributed by atoms with Gasteiger partial charge in [-0.05, 0) is 29.8 Å². The predicted molar refractivity (Wildman–Crippen MR) is 56.7 cm³/mol. The summed E-state index contributed by atoms with van der Waals surface area (Å²) in [7, 11) is 1.63. The molecule has 2 aromatic heterocycles. The molecule has 0 amide bonds. The molecular weight excluding hydrogens is 246 g/mol. The molecular formula is C9H10BrN3O. The van der Waals surface area contributed by atoms with Crippen molar-refractivity contribution in [1.29, 1.82) is 0 Å². The molecule has 2 heterocycles. The van der Waals surface area contributed by atoms with Crippen molar-refractivity contribution in [3.8, 4) is 5.75 Å². The first-order chi connectivity index (χ1) is 6.63. The van der Waals surface area contributed by atoms with E-state index in [1.807, 2.05) is 20.0 Å². The number of rotatable bonds is 1. The van der Waals surface area contributed by atoms with E-state index >= 15 is 0 Å². The standard InChI is InChI=1S/C9H10BrN3O/c1-5-4-13-7(6(2)11-5)8(14-3)9(10)12-13/h4H,1-3H3. The Kier molecular flexibility index (Phi) is 2.19. The number of halogens is 1. The molecule has 74 valence electrons. The van der Waals surface area contributed by atoms with Gasteiger partial charge in [0, 0.05) is 0 Å². The van der Waals surface area contributed by atoms with Crippen LogP contribution in [0.15, 0.2) is 10.8 Å². The minimum atomic E-state index is 0.704. The second-order valence-electron chi connectivity index (χ2n) is 3.08. The van der Waals surface area contributed by atoms with Crippen molar-refractivity contribution in [2.75, 3.05) is 7.11 Å². The smallest absolute Gasteiger partial charge is 0.181 e. The van der Waals surface area contributed by atoms with E-state index in [0.717, 1.165) is 22.7 Å². The average molecular weight is 256 g/mol. The Bertz CT molecular complexity index is 492. The Morgan fingerprint density at radius 2 is 2.14 bits per heavy atom. The van der Waals surface area contributed by atoms with Gasteiger partial charge in [-0.1, -0.05) is 0 Å². The quantitative estimate of drug-likeness (QED) is 0.784. The van der Waals surface area contributed by atoms with Crippen LogP contribution in [0.2, 0.25) is 0 Å². The SMILES string of the molecule is COc1c(Br)nn2cc(C)nc(C)c12. The maximum atomic E-state index is 5.25. The summed E-state index contributed by atoms with van der Waals surface area (Å²) >= 11 is 3.34. The van der Waals surface area contributed by atoms with Crippen LogP contribution in [0.1, 0.15) is 11.4 Å². The third-order valence-corrected chi connectivity index (χ3v) is 2.55. The molecule has 0 saturated carbocycles. The molecule has 0 aliphatic rings. The van der Waals surface area contributed by atoms with Crippen molar-refractivity contribution in [3.05, 3.63) is 22.2 Å². The lowest BCUT2D eigenvalue weighted by atomic mass is 10.3. The van der Waals surface area contributed by atoms with Crippen molar-refractivity contribution in [3.63, 3.8) is 0 Å². The van der Waals surface area contributed by atoms with Crippen LogP contribution in [0.4, 0.5) is 0 Å². The molecule has 4 nitrogen and oxygen atoms in total. The highest BCUT2D eigenvalue weighted by molar-refractivity contribution is 9.10. The van der Waals surface area contributed by atoms with Gasteiger partial charge >= 0.3 is 0 Å². The average Bonchev–Trinajstić information content (AvgIpc) is 2.40. The summed E-state index contributed by atoms with van der Waals surface area (Å²) in [6.45, 7) is 3.88. The summed E-state index contributed by atoms with van der Waals surface area (Å²) in [5.41, 5.74) is 2.76. The fourth-order valence-electron chi connectivity index (χ4n) is 1.52. The molecule has 0 radical (unpaired) electrons. The van der Waals surface area contributed by atoms with Crippen LogP contribution in [0, 0.1) is 13.8 Å². The second kappa shape index (κ2) is 3.24. The zero-order valence-corrected chi connectivity index (χ0v) is 9.79. The van der Waals surface area contributed by atoms with Crippen molar-refractivity contribution in [2.45, 2.75) is 13.8 Å². The minimum Gasteiger partial charge on any atom is -0.492 e. The largest absolute Gasteiger partial charge is 0.492 e. The topological polar surface area (TPSA) is 39.4 Å². The summed E-state index contributed by atoms with van der Waals surface area (Å²) in [6.07, 6.45) is 1.87. The fourth-order valence-corrected chi connectivity index (χ4v) is 2.04. The van der Waals surface area contributed by atoms with E-state index in [1.54, 1.807) is 11.6 Å². The van der Waals surface area contributed by atoms with Crippen LogP contribution in [-0.4, -0.2) is 21.7 Å². The van der Waals surface area contributed by atoms with Gasteiger partial charge in [-0.15, -0.1) is 0 Å². The lowest BCUT2D eigenvalue weighted by molar-refractivity contribution is 0.416. The summed E-state index contributed by atoms with van der Waals surface area (Å²) in [5.74, 6) is 0.731. The maximum Gasteiger partial charge on any atom is 0.181 e. The summed E-state index contributed by atoms with van der Waals surface area (Å²) < 4.78 is 7.73. The maximum absolute atomic E-state index is 5.25. The summed E-state index contributed by atoms with van der Waals surface area (Å²) in [6, 6.07) is 0. The van der Waals surface area contributed by atoms with Crippen molar-refractivity contribution >= 4 is 21.4 Å². The first kappa shape index (κ1) is 9.45. The van der Waals surface area contributed by atoms with Crippen LogP contribution < -0.4 is 4.74 Å². The van der Waals surface area contributed by atoms with E-state index in [2.05, 4.69) is 26.0 Å². The van der Waals surface area contributed by atoms with Gasteiger partial charge in [0.1, 0.15) is 5.52 Å². The number of hydrogen-bond acceptors (Lipinski definition) is 3. The Labute approximate surface area is 90.0 Å². The van der Waals surface area contributed by atoms with Gasteiger partial charge in [0.25, 0.3) is 0 Å². The first-order valence-corrected chi connectivity index (χ1v) is 4.99. The van der Waals surface area contributed by atoms with Crippen LogP contribution in [0.3, 0.4) is 0 Å². The number of aryl methyl sites for hydroxylation is 2. The number of aromatic nitrogens is 3. The van der Waals surface area contributed by atoms with Gasteiger partial charge in [-0.25, -0.2) is 4.52 Å². The van der Waals surface area contributed by atoms with Gasteiger partial charge in [-0.2, -0.15) is 5.10 Å². The minimum absolute atomic E-state index is 0.704. The van der Waals surface area contributed by atoms with Gasteiger partial charge in [0.2, 0.25) is 0 Å². The van der Waals surface area contributed by atoms with Crippen molar-refractivity contribution in [2.24, 2.45) is 0 Å². The Morgan fingerprint density at radius 3 is 2.79 bits per heavy atom. The lowest BCUT2D eigenvalue weighted by Gasteiger charge is -2.01. The molecule has 0 N–H and O–H groups in total. The molecule has 14 heavy (non-hydrogen) atoms. The van der Waals surface area contributed by atoms with E-state index in [0.29, 0.717) is 4.60 Å². The van der Waals surface area contributed by atoms with Crippen molar-refractivity contribution in [1.82, 2.24) is 14.6 Å². The molecule has 5 heteroatoms. The number of fused-ring (bicyclic) bond motifs is 1. The Hall–Kier alpha value is -1.10. The number of methoxy groups -OCH3 is 1. The summed E-state index contributed by atoms with van der Waals surface area (Å²) in [4.78, 5) is 4.36. The molecule has 0 saturated heterocycles. The summed E-state index contributed by atoms with van der Waals surface area (Å²) in [5, 5.41) is 4.27. The van der Waals surface area contributed by atoms with Crippen LogP contribution in [0.25, 0.3) is 5.52 Å². The predicted octanol–water partition coefficient (Wildman–Crippen LogP) is 2.12. The Morgan fingerprint density at radius 1 is 1.43 bits per heavy atom. The molecule has 0 bridgehead atoms. The van der Waals surface area contributed by atoms with Gasteiger partial charge < -0.3 is 4.74 Å². The molecule has 0 fully saturated rings. The van der Waals surface area contributed by atoms with E-state index < -0.39 is 0 Å². The third-order valence-electron chi connectivity index (χ3n) is 2.03. The normalized spacial score (nSPS) is 10.9. The van der Waals surface area contributed by atoms with E-state index in [4.69, 9.17) is 4.74 Å². The molecule has 0 unspecified atom stereocenters. The van der Waals surface area contributed by atoms with Gasteiger partial charge in [0.05, 0.1) is 24.7 Å². The van der Waals surface area contributed by atoms with Crippen LogP contribution >= 0.6 is 15.9 Å². The molecule has 0 atom stereocenters. The molecule has 0 spiro atoms. The zero-order chi connectivity index (χ0) is 10.3. The first-order valence-electron chi connectivity index (χ1n) is 4.19. The van der Waals surface area contributed by atoms with Crippen LogP contribution in [0.5, 0.6) is 5.75 Å². The third kappa shape index (κ3) is 1.28. The number of hydrogen-bond donors (Lipinski definition) is 0. The highest BCUT2D eigenvalue weighted by Gasteiger charge is 2.13. The highest BCUT2D eigenvalue weighted by Crippen LogP contribution is 2.30. The van der Waals surface area contributed by atoms with Gasteiger partial charge in [0.15, 0.2) is 10.4 Å². The number of nitrogens with zero attached hydrogens (tertiary/aromatic N) is 3. The molecule has 0 aliphatic heterocycles. The van der Waals surface area contributed by atoms with Crippen LogP contribution in [-0.2, 0) is 0 Å². The van der Waals surface area contributed by atoms with E-state index in [1.165, 1.54) is 0 Å². The molecule has 0 aromatic carbocycles. The second-order valence-corrected chi connectivity index (χ2v) is 3.84. The van der Waals surface area contributed by atoms with E-state index in [-0.39, 0.29) is 0 Å². The fraction of sp³-hybridized carbons (Fsp3) is 0.333. The molecule has 0 aliphatic carbocycles. The number of ether oxygens (including phenoxy) is 1. The van der Waals surface area contributed by atoms with E-state index in [9.17, 15) is 0 Å². The van der Waals surface area contributed by atoms with Crippen molar-refractivity contribution < 1.29 is 4.74 Å². The molecule has 2 rings (SSSR count). The zero-order valence-electron chi connectivity index (χ0n) is 8.21. The lowest BCUT2D eigenvalue weighted by Crippen LogP contribution is -1.95. The Balaban J connectivity index is 2.88. The monoisotopic (exact) mass is 255 g/mol. The highest BCUT2D eigenvalue weighted by atomic mass is 79.9. The van der Waals surface area contributed by atoms with Gasteiger partial charge in [-0.3, -0.25) is 4.98 Å². The molecule has 2 aromatic rings.